The molecule has 0 aliphatic carbocycles. The average Bonchev–Trinajstić information content (AvgIpc) is 2.72. The molecule has 3 N–H and O–H groups in total. The minimum atomic E-state index is -1.87. The molecule has 2 aromatic rings. The summed E-state index contributed by atoms with van der Waals surface area (Å²) in [5, 5.41) is 13.2. The first-order chi connectivity index (χ1) is 14.0. The van der Waals surface area contributed by atoms with Gasteiger partial charge < -0.3 is 15.4 Å². The predicted molar refractivity (Wildman–Crippen MR) is 124 cm³/mol. The van der Waals surface area contributed by atoms with E-state index in [0.717, 1.165) is 23.9 Å². The van der Waals surface area contributed by atoms with Gasteiger partial charge in [0.25, 0.3) is 0 Å². The molecule has 2 aromatic carbocycles. The van der Waals surface area contributed by atoms with E-state index in [2.05, 4.69) is 58.9 Å². The molecular formula is C22H31N4O2P. The summed E-state index contributed by atoms with van der Waals surface area (Å²) in [5.74, 6) is -0.100. The number of nitrogens with one attached hydrogen (secondary N) is 3. The van der Waals surface area contributed by atoms with E-state index in [1.807, 2.05) is 19.9 Å². The van der Waals surface area contributed by atoms with Crippen molar-refractivity contribution in [3.63, 3.8) is 0 Å². The molecule has 3 rings (SSSR count). The molecule has 0 unspecified atom stereocenters. The van der Waals surface area contributed by atoms with Crippen LogP contribution in [-0.4, -0.2) is 44.5 Å². The monoisotopic (exact) mass is 414 g/mol. The number of rotatable bonds is 7. The van der Waals surface area contributed by atoms with Crippen molar-refractivity contribution >= 4 is 35.2 Å². The standard InChI is InChI=1S/C22H31N4O2P/c1-5-12-26-29(15-25-21(16(2)3)22(27)28-4)13-23-18-10-6-8-17-9-7-11-19(20(17)18)24-14-29/h5-11,16,21,23-25H,1,12-15H2,2-4H3/t21-/m0/s1. The molecule has 7 heteroatoms. The third kappa shape index (κ3) is 4.82. The van der Waals surface area contributed by atoms with Crippen LogP contribution < -0.4 is 16.0 Å². The highest BCUT2D eigenvalue weighted by Crippen LogP contribution is 2.50. The van der Waals surface area contributed by atoms with Gasteiger partial charge in [0.15, 0.2) is 0 Å². The molecule has 29 heavy (non-hydrogen) atoms. The smallest absolute Gasteiger partial charge is 0.323 e. The average molecular weight is 414 g/mol. The molecule has 6 nitrogen and oxygen atoms in total. The third-order valence-electron chi connectivity index (χ3n) is 5.27. The SMILES string of the molecule is C=CCN=P1(CN[C@H](C(=O)OC)C(C)C)CNc2cccc3cccc(c23)NC1. The highest BCUT2D eigenvalue weighted by molar-refractivity contribution is 7.66. The molecule has 1 aliphatic heterocycles. The zero-order chi connectivity index (χ0) is 20.9. The maximum absolute atomic E-state index is 12.2. The summed E-state index contributed by atoms with van der Waals surface area (Å²) in [6, 6.07) is 12.3. The van der Waals surface area contributed by atoms with E-state index in [1.165, 1.54) is 17.9 Å². The minimum Gasteiger partial charge on any atom is -0.468 e. The maximum atomic E-state index is 12.2. The van der Waals surface area contributed by atoms with Gasteiger partial charge >= 0.3 is 5.97 Å². The normalized spacial score (nSPS) is 16.1. The molecule has 156 valence electrons. The van der Waals surface area contributed by atoms with Crippen molar-refractivity contribution in [2.75, 3.05) is 43.1 Å². The van der Waals surface area contributed by atoms with Crippen LogP contribution in [0.3, 0.4) is 0 Å². The van der Waals surface area contributed by atoms with E-state index in [1.54, 1.807) is 0 Å². The van der Waals surface area contributed by atoms with Gasteiger partial charge in [-0.25, -0.2) is 0 Å². The maximum Gasteiger partial charge on any atom is 0.323 e. The van der Waals surface area contributed by atoms with Gasteiger partial charge in [0, 0.05) is 30.1 Å². The first kappa shape index (κ1) is 21.4. The van der Waals surface area contributed by atoms with Gasteiger partial charge in [0.1, 0.15) is 6.04 Å². The first-order valence-corrected chi connectivity index (χ1v) is 12.3. The molecule has 0 amide bonds. The Morgan fingerprint density at radius 2 is 1.86 bits per heavy atom. The molecule has 1 aliphatic rings. The Hall–Kier alpha value is -2.30. The molecule has 0 saturated carbocycles. The number of benzene rings is 2. The molecule has 0 saturated heterocycles. The summed E-state index contributed by atoms with van der Waals surface area (Å²) in [5.41, 5.74) is 2.22. The van der Waals surface area contributed by atoms with E-state index in [0.29, 0.717) is 12.8 Å². The molecule has 0 radical (unpaired) electrons. The lowest BCUT2D eigenvalue weighted by molar-refractivity contribution is -0.144. The number of methoxy groups -OCH3 is 1. The number of hydrogen-bond acceptors (Lipinski definition) is 6. The number of nitrogens with zero attached hydrogens (tertiary/aromatic N) is 1. The van der Waals surface area contributed by atoms with Crippen molar-refractivity contribution in [2.45, 2.75) is 19.9 Å². The lowest BCUT2D eigenvalue weighted by Gasteiger charge is -2.32. The lowest BCUT2D eigenvalue weighted by Crippen LogP contribution is -2.43. The quantitative estimate of drug-likeness (QED) is 0.347. The van der Waals surface area contributed by atoms with Gasteiger partial charge in [0.2, 0.25) is 0 Å². The molecule has 0 aromatic heterocycles. The topological polar surface area (TPSA) is 74.8 Å². The predicted octanol–water partition coefficient (Wildman–Crippen LogP) is 4.72. The van der Waals surface area contributed by atoms with Crippen LogP contribution in [-0.2, 0) is 9.53 Å². The van der Waals surface area contributed by atoms with Crippen LogP contribution in [0.25, 0.3) is 10.8 Å². The van der Waals surface area contributed by atoms with Crippen LogP contribution in [0.15, 0.2) is 53.8 Å². The minimum absolute atomic E-state index is 0.132. The molecule has 1 atom stereocenters. The highest BCUT2D eigenvalue weighted by Gasteiger charge is 2.28. The van der Waals surface area contributed by atoms with Gasteiger partial charge in [-0.3, -0.25) is 14.9 Å². The highest BCUT2D eigenvalue weighted by atomic mass is 31.2. The van der Waals surface area contributed by atoms with Crippen molar-refractivity contribution in [2.24, 2.45) is 10.7 Å². The molecule has 1 heterocycles. The van der Waals surface area contributed by atoms with Gasteiger partial charge in [-0.1, -0.05) is 44.2 Å². The van der Waals surface area contributed by atoms with Crippen LogP contribution in [0.4, 0.5) is 11.4 Å². The Balaban J connectivity index is 1.91. The molecule has 0 fully saturated rings. The fraction of sp³-hybridized carbons (Fsp3) is 0.409. The second-order valence-electron chi connectivity index (χ2n) is 7.69. The van der Waals surface area contributed by atoms with Gasteiger partial charge in [0.05, 0.1) is 26.2 Å². The Kier molecular flexibility index (Phi) is 6.99. The van der Waals surface area contributed by atoms with Gasteiger partial charge in [-0.15, -0.1) is 6.58 Å². The summed E-state index contributed by atoms with van der Waals surface area (Å²) in [4.78, 5) is 12.2. The number of esters is 1. The zero-order valence-electron chi connectivity index (χ0n) is 17.4. The van der Waals surface area contributed by atoms with E-state index in [9.17, 15) is 4.79 Å². The van der Waals surface area contributed by atoms with Gasteiger partial charge in [-0.05, 0) is 23.4 Å². The van der Waals surface area contributed by atoms with Crippen LogP contribution in [0.5, 0.6) is 0 Å². The Bertz CT molecular complexity index is 895. The number of carbonyl (C=O) groups is 1. The Labute approximate surface area is 173 Å². The number of hydrogen-bond donors (Lipinski definition) is 3. The summed E-state index contributed by atoms with van der Waals surface area (Å²) in [6.07, 6.45) is 3.98. The number of ether oxygens (including phenoxy) is 1. The van der Waals surface area contributed by atoms with Crippen LogP contribution >= 0.6 is 7.05 Å². The van der Waals surface area contributed by atoms with Crippen LogP contribution in [0.2, 0.25) is 0 Å². The van der Waals surface area contributed by atoms with E-state index < -0.39 is 7.05 Å². The number of anilines is 2. The zero-order valence-corrected chi connectivity index (χ0v) is 18.3. The molecule has 0 bridgehead atoms. The van der Waals surface area contributed by atoms with Crippen molar-refractivity contribution in [1.29, 1.82) is 0 Å². The fourth-order valence-electron chi connectivity index (χ4n) is 3.64. The largest absolute Gasteiger partial charge is 0.468 e. The van der Waals surface area contributed by atoms with E-state index in [-0.39, 0.29) is 17.9 Å². The van der Waals surface area contributed by atoms with E-state index in [4.69, 9.17) is 9.48 Å². The summed E-state index contributed by atoms with van der Waals surface area (Å²) >= 11 is 0. The Morgan fingerprint density at radius 1 is 1.24 bits per heavy atom. The summed E-state index contributed by atoms with van der Waals surface area (Å²) in [7, 11) is -0.438. The van der Waals surface area contributed by atoms with Crippen molar-refractivity contribution in [3.8, 4) is 0 Å². The summed E-state index contributed by atoms with van der Waals surface area (Å²) in [6.45, 7) is 8.47. The Morgan fingerprint density at radius 3 is 2.38 bits per heavy atom. The molecular weight excluding hydrogens is 383 g/mol. The van der Waals surface area contributed by atoms with Crippen molar-refractivity contribution < 1.29 is 9.53 Å². The van der Waals surface area contributed by atoms with Gasteiger partial charge in [-0.2, -0.15) is 0 Å². The first-order valence-electron chi connectivity index (χ1n) is 9.96. The number of carbonyl (C=O) groups excluding carboxylic acids is 1. The van der Waals surface area contributed by atoms with Crippen molar-refractivity contribution in [1.82, 2.24) is 5.32 Å². The lowest BCUT2D eigenvalue weighted by atomic mass is 10.1. The second kappa shape index (κ2) is 9.47. The molecule has 0 spiro atoms. The fourth-order valence-corrected chi connectivity index (χ4v) is 6.20. The third-order valence-corrected chi connectivity index (χ3v) is 8.30. The van der Waals surface area contributed by atoms with Crippen LogP contribution in [0, 0.1) is 5.92 Å². The van der Waals surface area contributed by atoms with Crippen LogP contribution in [0.1, 0.15) is 13.8 Å². The van der Waals surface area contributed by atoms with E-state index >= 15 is 0 Å². The summed E-state index contributed by atoms with van der Waals surface area (Å²) < 4.78 is 10.0. The van der Waals surface area contributed by atoms with Crippen molar-refractivity contribution in [3.05, 3.63) is 49.1 Å². The second-order valence-corrected chi connectivity index (χ2v) is 11.1.